The third kappa shape index (κ3) is 3.14. The van der Waals surface area contributed by atoms with E-state index >= 15 is 0 Å². The summed E-state index contributed by atoms with van der Waals surface area (Å²) in [6.07, 6.45) is 0. The monoisotopic (exact) mass is 291 g/mol. The third-order valence-electron chi connectivity index (χ3n) is 2.55. The molecule has 1 heterocycles. The molecule has 0 saturated carbocycles. The number of nitro groups is 1. The fraction of sp³-hybridized carbons (Fsp3) is 0.250. The van der Waals surface area contributed by atoms with Gasteiger partial charge in [0.05, 0.1) is 11.5 Å². The predicted molar refractivity (Wildman–Crippen MR) is 73.3 cm³/mol. The summed E-state index contributed by atoms with van der Waals surface area (Å²) >= 11 is 0. The van der Waals surface area contributed by atoms with E-state index in [4.69, 9.17) is 4.74 Å². The largest absolute Gasteiger partial charge is 0.493 e. The van der Waals surface area contributed by atoms with Gasteiger partial charge in [-0.25, -0.2) is 0 Å². The number of aromatic amines is 1. The maximum atomic E-state index is 12.3. The first-order valence-corrected chi connectivity index (χ1v) is 6.13. The summed E-state index contributed by atoms with van der Waals surface area (Å²) in [5, 5.41) is 19.8. The van der Waals surface area contributed by atoms with Crippen LogP contribution < -0.4 is 10.1 Å². The lowest BCUT2D eigenvalue weighted by atomic mass is 10.1. The van der Waals surface area contributed by atoms with Gasteiger partial charge in [-0.15, -0.1) is 5.10 Å². The molecule has 9 heteroatoms. The number of nitro benzene ring substituents is 1. The Morgan fingerprint density at radius 2 is 2.29 bits per heavy atom. The Hall–Kier alpha value is -2.97. The van der Waals surface area contributed by atoms with E-state index in [-0.39, 0.29) is 29.6 Å². The van der Waals surface area contributed by atoms with Crippen LogP contribution >= 0.6 is 0 Å². The lowest BCUT2D eigenvalue weighted by Gasteiger charge is -2.09. The molecule has 0 spiro atoms. The Balaban J connectivity index is 2.39. The zero-order valence-corrected chi connectivity index (χ0v) is 11.4. The number of ether oxygens (including phenoxy) is 1. The molecule has 21 heavy (non-hydrogen) atoms. The standard InChI is InChI=1S/C12H13N5O4/c1-3-21-9-6-4-5-8(17(19)20)10(9)11(18)14-12-13-7(2)15-16-12/h4-6H,3H2,1-2H3,(H2,13,14,15,16,18). The molecule has 1 aromatic heterocycles. The highest BCUT2D eigenvalue weighted by molar-refractivity contribution is 6.08. The number of hydrogen-bond donors (Lipinski definition) is 2. The van der Waals surface area contributed by atoms with Gasteiger partial charge in [0.15, 0.2) is 5.56 Å². The molecule has 0 fully saturated rings. The first kappa shape index (κ1) is 14.4. The lowest BCUT2D eigenvalue weighted by Crippen LogP contribution is -2.16. The predicted octanol–water partition coefficient (Wildman–Crippen LogP) is 1.67. The maximum absolute atomic E-state index is 12.3. The summed E-state index contributed by atoms with van der Waals surface area (Å²) in [6, 6.07) is 4.19. The van der Waals surface area contributed by atoms with Gasteiger partial charge in [0.2, 0.25) is 5.95 Å². The number of nitrogens with zero attached hydrogens (tertiary/aromatic N) is 3. The topological polar surface area (TPSA) is 123 Å². The molecular weight excluding hydrogens is 278 g/mol. The Morgan fingerprint density at radius 1 is 1.52 bits per heavy atom. The second-order valence-corrected chi connectivity index (χ2v) is 4.04. The number of rotatable bonds is 5. The number of carbonyl (C=O) groups is 1. The second kappa shape index (κ2) is 5.99. The van der Waals surface area contributed by atoms with E-state index in [1.807, 2.05) is 0 Å². The Bertz CT molecular complexity index is 682. The van der Waals surface area contributed by atoms with E-state index in [1.165, 1.54) is 18.2 Å². The van der Waals surface area contributed by atoms with Crippen LogP contribution in [0.1, 0.15) is 23.1 Å². The average molecular weight is 291 g/mol. The lowest BCUT2D eigenvalue weighted by molar-refractivity contribution is -0.385. The van der Waals surface area contributed by atoms with Gasteiger partial charge in [0.1, 0.15) is 11.6 Å². The van der Waals surface area contributed by atoms with Crippen LogP contribution in [0.5, 0.6) is 5.75 Å². The minimum absolute atomic E-state index is 0.0399. The second-order valence-electron chi connectivity index (χ2n) is 4.04. The molecule has 2 aromatic rings. The van der Waals surface area contributed by atoms with Gasteiger partial charge in [-0.3, -0.25) is 25.3 Å². The molecule has 1 amide bonds. The molecule has 0 unspecified atom stereocenters. The SMILES string of the molecule is CCOc1cccc([N+](=O)[O-])c1C(=O)Nc1n[nH]c(C)n1. The molecule has 110 valence electrons. The fourth-order valence-corrected chi connectivity index (χ4v) is 1.74. The quantitative estimate of drug-likeness (QED) is 0.638. The third-order valence-corrected chi connectivity index (χ3v) is 2.55. The van der Waals surface area contributed by atoms with Gasteiger partial charge in [0.25, 0.3) is 11.6 Å². The van der Waals surface area contributed by atoms with Crippen LogP contribution in [0.25, 0.3) is 0 Å². The van der Waals surface area contributed by atoms with Crippen molar-refractivity contribution in [3.63, 3.8) is 0 Å². The number of H-pyrrole nitrogens is 1. The molecule has 0 atom stereocenters. The Morgan fingerprint density at radius 3 is 2.86 bits per heavy atom. The highest BCUT2D eigenvalue weighted by Crippen LogP contribution is 2.29. The molecule has 0 aliphatic heterocycles. The molecule has 0 radical (unpaired) electrons. The number of aryl methyl sites for hydroxylation is 1. The van der Waals surface area contributed by atoms with E-state index in [0.29, 0.717) is 5.82 Å². The molecule has 0 bridgehead atoms. The van der Waals surface area contributed by atoms with E-state index in [2.05, 4.69) is 20.5 Å². The number of benzene rings is 1. The Kier molecular flexibility index (Phi) is 4.12. The van der Waals surface area contributed by atoms with Crippen molar-refractivity contribution in [2.45, 2.75) is 13.8 Å². The summed E-state index contributed by atoms with van der Waals surface area (Å²) in [5.41, 5.74) is -0.502. The van der Waals surface area contributed by atoms with Gasteiger partial charge in [0, 0.05) is 6.07 Å². The highest BCUT2D eigenvalue weighted by atomic mass is 16.6. The molecule has 2 N–H and O–H groups in total. The molecule has 0 saturated heterocycles. The smallest absolute Gasteiger partial charge is 0.285 e. The number of amides is 1. The van der Waals surface area contributed by atoms with Gasteiger partial charge < -0.3 is 4.74 Å². The minimum Gasteiger partial charge on any atom is -0.493 e. The van der Waals surface area contributed by atoms with Crippen molar-refractivity contribution in [3.05, 3.63) is 39.7 Å². The summed E-state index contributed by atoms with van der Waals surface area (Å²) in [4.78, 5) is 26.6. The fourth-order valence-electron chi connectivity index (χ4n) is 1.74. The summed E-state index contributed by atoms with van der Waals surface area (Å²) < 4.78 is 5.28. The van der Waals surface area contributed by atoms with Crippen LogP contribution in [0.4, 0.5) is 11.6 Å². The van der Waals surface area contributed by atoms with Gasteiger partial charge in [-0.2, -0.15) is 4.98 Å². The maximum Gasteiger partial charge on any atom is 0.285 e. The summed E-state index contributed by atoms with van der Waals surface area (Å²) in [5.74, 6) is -0.0165. The first-order chi connectivity index (χ1) is 10.0. The van der Waals surface area contributed by atoms with Crippen LogP contribution in [0, 0.1) is 17.0 Å². The van der Waals surface area contributed by atoms with Gasteiger partial charge >= 0.3 is 0 Å². The van der Waals surface area contributed by atoms with E-state index in [9.17, 15) is 14.9 Å². The van der Waals surface area contributed by atoms with Crippen LogP contribution in [-0.4, -0.2) is 32.6 Å². The van der Waals surface area contributed by atoms with Crippen molar-refractivity contribution in [1.29, 1.82) is 0 Å². The number of aromatic nitrogens is 3. The zero-order valence-electron chi connectivity index (χ0n) is 11.4. The van der Waals surface area contributed by atoms with E-state index in [0.717, 1.165) is 0 Å². The molecule has 9 nitrogen and oxygen atoms in total. The molecule has 0 aliphatic carbocycles. The molecule has 1 aromatic carbocycles. The number of hydrogen-bond acceptors (Lipinski definition) is 6. The van der Waals surface area contributed by atoms with Crippen molar-refractivity contribution >= 4 is 17.5 Å². The average Bonchev–Trinajstić information content (AvgIpc) is 2.84. The van der Waals surface area contributed by atoms with Gasteiger partial charge in [-0.1, -0.05) is 6.07 Å². The highest BCUT2D eigenvalue weighted by Gasteiger charge is 2.25. The molecule has 0 aliphatic rings. The summed E-state index contributed by atoms with van der Waals surface area (Å²) in [6.45, 7) is 3.67. The number of carbonyl (C=O) groups excluding carboxylic acids is 1. The van der Waals surface area contributed by atoms with Crippen LogP contribution in [-0.2, 0) is 0 Å². The van der Waals surface area contributed by atoms with Crippen molar-refractivity contribution < 1.29 is 14.5 Å². The van der Waals surface area contributed by atoms with Crippen LogP contribution in [0.3, 0.4) is 0 Å². The van der Waals surface area contributed by atoms with Crippen LogP contribution in [0.2, 0.25) is 0 Å². The Labute approximate surface area is 119 Å². The first-order valence-electron chi connectivity index (χ1n) is 6.13. The number of nitrogens with one attached hydrogen (secondary N) is 2. The molecule has 2 rings (SSSR count). The van der Waals surface area contributed by atoms with Crippen molar-refractivity contribution in [2.75, 3.05) is 11.9 Å². The van der Waals surface area contributed by atoms with Crippen molar-refractivity contribution in [3.8, 4) is 5.75 Å². The zero-order chi connectivity index (χ0) is 15.4. The van der Waals surface area contributed by atoms with E-state index in [1.54, 1.807) is 13.8 Å². The van der Waals surface area contributed by atoms with Gasteiger partial charge in [-0.05, 0) is 19.9 Å². The minimum atomic E-state index is -0.704. The van der Waals surface area contributed by atoms with E-state index < -0.39 is 10.8 Å². The molecular formula is C12H13N5O4. The van der Waals surface area contributed by atoms with Crippen molar-refractivity contribution in [1.82, 2.24) is 15.2 Å². The normalized spacial score (nSPS) is 10.2. The van der Waals surface area contributed by atoms with Crippen molar-refractivity contribution in [2.24, 2.45) is 0 Å². The van der Waals surface area contributed by atoms with Crippen LogP contribution in [0.15, 0.2) is 18.2 Å². The number of anilines is 1. The summed E-state index contributed by atoms with van der Waals surface area (Å²) in [7, 11) is 0.